The van der Waals surface area contributed by atoms with Crippen LogP contribution in [0.1, 0.15) is 33.9 Å². The van der Waals surface area contributed by atoms with E-state index in [0.29, 0.717) is 17.1 Å². The Labute approximate surface area is 140 Å². The molecular formula is C19H19NO2S. The molecule has 0 fully saturated rings. The van der Waals surface area contributed by atoms with Crippen molar-refractivity contribution in [3.63, 3.8) is 0 Å². The molecule has 2 aromatic rings. The van der Waals surface area contributed by atoms with Crippen LogP contribution in [0.3, 0.4) is 0 Å². The number of amides is 1. The fraction of sp³-hybridized carbons (Fsp3) is 0.263. The molecule has 0 radical (unpaired) electrons. The van der Waals surface area contributed by atoms with Crippen molar-refractivity contribution >= 4 is 23.5 Å². The smallest absolute Gasteiger partial charge is 0.230 e. The molecule has 118 valence electrons. The number of nitrogens with one attached hydrogen (secondary N) is 1. The molecule has 3 nitrogen and oxygen atoms in total. The predicted octanol–water partition coefficient (Wildman–Crippen LogP) is 3.41. The van der Waals surface area contributed by atoms with Crippen LogP contribution in [-0.2, 0) is 11.2 Å². The number of ketones is 1. The van der Waals surface area contributed by atoms with Crippen LogP contribution < -0.4 is 5.32 Å². The predicted molar refractivity (Wildman–Crippen MR) is 93.7 cm³/mol. The molecule has 2 aromatic carbocycles. The van der Waals surface area contributed by atoms with Crippen molar-refractivity contribution in [3.8, 4) is 0 Å². The van der Waals surface area contributed by atoms with Crippen molar-refractivity contribution in [2.45, 2.75) is 18.9 Å². The lowest BCUT2D eigenvalue weighted by Gasteiger charge is -2.13. The Balaban J connectivity index is 1.45. The third-order valence-corrected chi connectivity index (χ3v) is 4.96. The van der Waals surface area contributed by atoms with Crippen LogP contribution in [-0.4, -0.2) is 23.2 Å². The first kappa shape index (κ1) is 15.8. The summed E-state index contributed by atoms with van der Waals surface area (Å²) in [5.74, 6) is 0.711. The maximum atomic E-state index is 12.1. The highest BCUT2D eigenvalue weighted by Gasteiger charge is 2.23. The van der Waals surface area contributed by atoms with Crippen molar-refractivity contribution < 1.29 is 9.59 Å². The van der Waals surface area contributed by atoms with E-state index in [9.17, 15) is 9.59 Å². The zero-order valence-electron chi connectivity index (χ0n) is 12.8. The van der Waals surface area contributed by atoms with Gasteiger partial charge in [-0.05, 0) is 24.0 Å². The third kappa shape index (κ3) is 4.02. The van der Waals surface area contributed by atoms with Crippen molar-refractivity contribution in [3.05, 3.63) is 71.3 Å². The van der Waals surface area contributed by atoms with Crippen LogP contribution >= 0.6 is 11.8 Å². The van der Waals surface area contributed by atoms with Gasteiger partial charge < -0.3 is 5.32 Å². The zero-order valence-corrected chi connectivity index (χ0v) is 13.6. The number of carbonyl (C=O) groups is 2. The Morgan fingerprint density at radius 1 is 1.00 bits per heavy atom. The first-order valence-corrected chi connectivity index (χ1v) is 8.92. The van der Waals surface area contributed by atoms with E-state index in [1.54, 1.807) is 12.1 Å². The van der Waals surface area contributed by atoms with Crippen LogP contribution in [0.15, 0.2) is 54.6 Å². The number of hydrogen-bond acceptors (Lipinski definition) is 3. The second kappa shape index (κ2) is 7.47. The lowest BCUT2D eigenvalue weighted by molar-refractivity contribution is -0.119. The van der Waals surface area contributed by atoms with Gasteiger partial charge in [-0.15, -0.1) is 11.8 Å². The quantitative estimate of drug-likeness (QED) is 0.828. The minimum atomic E-state index is -0.00225. The number of aryl methyl sites for hydroxylation is 1. The number of fused-ring (bicyclic) bond motifs is 1. The van der Waals surface area contributed by atoms with Crippen LogP contribution in [0.2, 0.25) is 0 Å². The molecule has 1 N–H and O–H groups in total. The first-order chi connectivity index (χ1) is 11.2. The fourth-order valence-electron chi connectivity index (χ4n) is 2.89. The summed E-state index contributed by atoms with van der Waals surface area (Å²) in [6, 6.07) is 17.6. The highest BCUT2D eigenvalue weighted by atomic mass is 32.2. The van der Waals surface area contributed by atoms with E-state index < -0.39 is 0 Å². The molecule has 0 heterocycles. The Morgan fingerprint density at radius 2 is 1.74 bits per heavy atom. The second-order valence-electron chi connectivity index (χ2n) is 5.64. The van der Waals surface area contributed by atoms with Gasteiger partial charge in [0, 0.05) is 5.56 Å². The molecule has 0 bridgehead atoms. The molecule has 0 saturated carbocycles. The Bertz CT molecular complexity index is 700. The van der Waals surface area contributed by atoms with Gasteiger partial charge in [-0.25, -0.2) is 0 Å². The number of rotatable bonds is 6. The van der Waals surface area contributed by atoms with E-state index in [4.69, 9.17) is 0 Å². The highest BCUT2D eigenvalue weighted by molar-refractivity contribution is 8.00. The monoisotopic (exact) mass is 325 g/mol. The molecule has 1 aliphatic carbocycles. The van der Waals surface area contributed by atoms with Crippen LogP contribution in [0.4, 0.5) is 0 Å². The van der Waals surface area contributed by atoms with Gasteiger partial charge in [-0.2, -0.15) is 0 Å². The summed E-state index contributed by atoms with van der Waals surface area (Å²) in [7, 11) is 0. The van der Waals surface area contributed by atoms with Gasteiger partial charge in [0.2, 0.25) is 5.91 Å². The van der Waals surface area contributed by atoms with Gasteiger partial charge in [0.05, 0.1) is 17.5 Å². The Kier molecular flexibility index (Phi) is 5.13. The van der Waals surface area contributed by atoms with Gasteiger partial charge in [0.25, 0.3) is 0 Å². The number of hydrogen-bond donors (Lipinski definition) is 1. The van der Waals surface area contributed by atoms with Gasteiger partial charge in [0.1, 0.15) is 0 Å². The molecule has 0 spiro atoms. The van der Waals surface area contributed by atoms with Crippen molar-refractivity contribution in [2.75, 3.05) is 11.5 Å². The van der Waals surface area contributed by atoms with E-state index >= 15 is 0 Å². The lowest BCUT2D eigenvalue weighted by atomic mass is 10.1. The molecule has 0 aromatic heterocycles. The molecule has 0 unspecified atom stereocenters. The number of carbonyl (C=O) groups excluding carboxylic acids is 2. The molecule has 23 heavy (non-hydrogen) atoms. The minimum absolute atomic E-state index is 0.00225. The summed E-state index contributed by atoms with van der Waals surface area (Å²) in [5, 5.41) is 3.08. The molecule has 1 amide bonds. The third-order valence-electron chi connectivity index (χ3n) is 4.03. The standard InChI is InChI=1S/C19H19NO2S/c21-18(15-7-2-1-3-8-15)12-23-13-19(22)20-17-11-10-14-6-4-5-9-16(14)17/h1-9,17H,10-13H2,(H,20,22)/t17-/m1/s1. The van der Waals surface area contributed by atoms with E-state index in [-0.39, 0.29) is 17.7 Å². The topological polar surface area (TPSA) is 46.2 Å². The molecule has 0 saturated heterocycles. The van der Waals surface area contributed by atoms with Gasteiger partial charge in [-0.1, -0.05) is 54.6 Å². The summed E-state index contributed by atoms with van der Waals surface area (Å²) in [5.41, 5.74) is 3.25. The molecule has 4 heteroatoms. The minimum Gasteiger partial charge on any atom is -0.349 e. The second-order valence-corrected chi connectivity index (χ2v) is 6.63. The van der Waals surface area contributed by atoms with E-state index in [2.05, 4.69) is 17.4 Å². The largest absolute Gasteiger partial charge is 0.349 e. The Hall–Kier alpha value is -2.07. The summed E-state index contributed by atoms with van der Waals surface area (Å²) >= 11 is 1.37. The summed E-state index contributed by atoms with van der Waals surface area (Å²) in [4.78, 5) is 24.1. The van der Waals surface area contributed by atoms with E-state index in [1.807, 2.05) is 30.3 Å². The molecule has 0 aliphatic heterocycles. The molecule has 1 atom stereocenters. The van der Waals surface area contributed by atoms with Crippen molar-refractivity contribution in [1.29, 1.82) is 0 Å². The maximum absolute atomic E-state index is 12.1. The number of benzene rings is 2. The number of thioether (sulfide) groups is 1. The van der Waals surface area contributed by atoms with Crippen LogP contribution in [0.25, 0.3) is 0 Å². The zero-order chi connectivity index (χ0) is 16.1. The normalized spacial score (nSPS) is 15.9. The SMILES string of the molecule is O=C(CSCC(=O)c1ccccc1)N[C@@H]1CCc2ccccc21. The van der Waals surface area contributed by atoms with Crippen molar-refractivity contribution in [1.82, 2.24) is 5.32 Å². The lowest BCUT2D eigenvalue weighted by Crippen LogP contribution is -2.29. The maximum Gasteiger partial charge on any atom is 0.230 e. The fourth-order valence-corrected chi connectivity index (χ4v) is 3.61. The average molecular weight is 325 g/mol. The number of Topliss-reactive ketones (excluding diaryl/α,β-unsaturated/α-hetero) is 1. The molecule has 3 rings (SSSR count). The summed E-state index contributed by atoms with van der Waals surface area (Å²) < 4.78 is 0. The van der Waals surface area contributed by atoms with Crippen LogP contribution in [0, 0.1) is 0 Å². The summed E-state index contributed by atoms with van der Waals surface area (Å²) in [6.07, 6.45) is 1.97. The molecule has 1 aliphatic rings. The van der Waals surface area contributed by atoms with Gasteiger partial charge in [0.15, 0.2) is 5.78 Å². The van der Waals surface area contributed by atoms with Gasteiger partial charge >= 0.3 is 0 Å². The highest BCUT2D eigenvalue weighted by Crippen LogP contribution is 2.30. The van der Waals surface area contributed by atoms with Crippen molar-refractivity contribution in [2.24, 2.45) is 0 Å². The first-order valence-electron chi connectivity index (χ1n) is 7.77. The van der Waals surface area contributed by atoms with E-state index in [1.165, 1.54) is 22.9 Å². The average Bonchev–Trinajstić information content (AvgIpc) is 2.99. The van der Waals surface area contributed by atoms with Crippen LogP contribution in [0.5, 0.6) is 0 Å². The summed E-state index contributed by atoms with van der Waals surface area (Å²) in [6.45, 7) is 0. The van der Waals surface area contributed by atoms with E-state index in [0.717, 1.165) is 12.8 Å². The van der Waals surface area contributed by atoms with Gasteiger partial charge in [-0.3, -0.25) is 9.59 Å². The molecular weight excluding hydrogens is 306 g/mol. The Morgan fingerprint density at radius 3 is 2.57 bits per heavy atom.